The van der Waals surface area contributed by atoms with Gasteiger partial charge in [0.05, 0.1) is 30.4 Å². The van der Waals surface area contributed by atoms with E-state index in [1.54, 1.807) is 50.4 Å². The molecular weight excluding hydrogens is 486 g/mol. The maximum atomic E-state index is 12.5. The fourth-order valence-corrected chi connectivity index (χ4v) is 4.55. The zero-order valence-corrected chi connectivity index (χ0v) is 20.8. The van der Waals surface area contributed by atoms with Crippen molar-refractivity contribution in [3.8, 4) is 11.5 Å². The number of carbonyl (C=O) groups is 1. The number of aromatic nitrogens is 3. The summed E-state index contributed by atoms with van der Waals surface area (Å²) in [5.74, 6) is 1.77. The average molecular weight is 514 g/mol. The number of hydrogen-bond acceptors (Lipinski definition) is 9. The number of hydrogen-bond donors (Lipinski definition) is 1. The molecular formula is C24H27N5O6S. The second kappa shape index (κ2) is 11.9. The molecule has 1 atom stereocenters. The Hall–Kier alpha value is -3.64. The van der Waals surface area contributed by atoms with Crippen molar-refractivity contribution in [3.05, 3.63) is 64.0 Å². The number of ether oxygens (including phenoxy) is 3. The Balaban J connectivity index is 1.42. The summed E-state index contributed by atoms with van der Waals surface area (Å²) in [5.41, 5.74) is 1.22. The highest BCUT2D eigenvalue weighted by Crippen LogP contribution is 2.25. The maximum Gasteiger partial charge on any atom is 0.272 e. The second-order valence-corrected chi connectivity index (χ2v) is 9.15. The molecule has 1 fully saturated rings. The third-order valence-corrected chi connectivity index (χ3v) is 6.61. The summed E-state index contributed by atoms with van der Waals surface area (Å²) in [6, 6.07) is 11.7. The van der Waals surface area contributed by atoms with Crippen LogP contribution in [0.2, 0.25) is 0 Å². The molecule has 1 aliphatic rings. The third-order valence-electron chi connectivity index (χ3n) is 5.64. The van der Waals surface area contributed by atoms with Crippen LogP contribution >= 0.6 is 11.8 Å². The molecule has 1 aromatic heterocycles. The number of rotatable bonds is 11. The zero-order valence-electron chi connectivity index (χ0n) is 20.0. The lowest BCUT2D eigenvalue weighted by Crippen LogP contribution is -2.19. The van der Waals surface area contributed by atoms with E-state index in [-0.39, 0.29) is 30.1 Å². The average Bonchev–Trinajstić information content (AvgIpc) is 3.52. The van der Waals surface area contributed by atoms with Gasteiger partial charge < -0.3 is 24.1 Å². The Morgan fingerprint density at radius 3 is 2.69 bits per heavy atom. The Kier molecular flexibility index (Phi) is 8.39. The van der Waals surface area contributed by atoms with E-state index in [4.69, 9.17) is 14.2 Å². The Morgan fingerprint density at radius 2 is 2.03 bits per heavy atom. The van der Waals surface area contributed by atoms with Crippen molar-refractivity contribution in [2.24, 2.45) is 0 Å². The van der Waals surface area contributed by atoms with E-state index < -0.39 is 4.92 Å². The molecule has 0 bridgehead atoms. The number of carbonyl (C=O) groups excluding carboxylic acids is 1. The largest absolute Gasteiger partial charge is 0.497 e. The summed E-state index contributed by atoms with van der Waals surface area (Å²) in [7, 11) is 1.59. The molecule has 4 rings (SSSR count). The summed E-state index contributed by atoms with van der Waals surface area (Å²) in [6.07, 6.45) is 1.96. The minimum Gasteiger partial charge on any atom is -0.497 e. The molecule has 11 nitrogen and oxygen atoms in total. The van der Waals surface area contributed by atoms with E-state index in [1.807, 2.05) is 4.57 Å². The van der Waals surface area contributed by atoms with Gasteiger partial charge >= 0.3 is 0 Å². The number of nitrogens with one attached hydrogen (secondary N) is 1. The number of amides is 1. The highest BCUT2D eigenvalue weighted by molar-refractivity contribution is 7.99. The van der Waals surface area contributed by atoms with Crippen molar-refractivity contribution < 1.29 is 23.9 Å². The highest BCUT2D eigenvalue weighted by Gasteiger charge is 2.22. The highest BCUT2D eigenvalue weighted by atomic mass is 32.2. The number of methoxy groups -OCH3 is 1. The van der Waals surface area contributed by atoms with Gasteiger partial charge in [-0.2, -0.15) is 0 Å². The van der Waals surface area contributed by atoms with Crippen molar-refractivity contribution >= 4 is 29.0 Å². The first-order valence-electron chi connectivity index (χ1n) is 11.4. The van der Waals surface area contributed by atoms with E-state index in [0.717, 1.165) is 12.8 Å². The Morgan fingerprint density at radius 1 is 1.25 bits per heavy atom. The first-order valence-corrected chi connectivity index (χ1v) is 12.4. The molecule has 3 aromatic rings. The van der Waals surface area contributed by atoms with Gasteiger partial charge in [-0.1, -0.05) is 11.8 Å². The van der Waals surface area contributed by atoms with Gasteiger partial charge in [0.2, 0.25) is 5.91 Å². The lowest BCUT2D eigenvalue weighted by atomic mass is 10.2. The van der Waals surface area contributed by atoms with Crippen LogP contribution in [0.25, 0.3) is 0 Å². The molecule has 0 saturated carbocycles. The second-order valence-electron chi connectivity index (χ2n) is 8.20. The molecule has 1 aliphatic heterocycles. The summed E-state index contributed by atoms with van der Waals surface area (Å²) < 4.78 is 18.7. The number of nitro benzene ring substituents is 1. The van der Waals surface area contributed by atoms with Gasteiger partial charge in [0.15, 0.2) is 11.0 Å². The summed E-state index contributed by atoms with van der Waals surface area (Å²) >= 11 is 1.28. The van der Waals surface area contributed by atoms with Crippen LogP contribution in [0.15, 0.2) is 47.6 Å². The lowest BCUT2D eigenvalue weighted by molar-refractivity contribution is -0.385. The fourth-order valence-electron chi connectivity index (χ4n) is 3.78. The molecule has 12 heteroatoms. The number of nitro groups is 1. The van der Waals surface area contributed by atoms with E-state index in [2.05, 4.69) is 15.5 Å². The molecule has 190 valence electrons. The number of benzene rings is 2. The SMILES string of the molecule is COc1ccc(NC(=O)CSc2nnc(COc3ccc([N+](=O)[O-])c(C)c3)n2CC2CCCO2)cc1. The normalized spacial score (nSPS) is 15.0. The van der Waals surface area contributed by atoms with Crippen molar-refractivity contribution in [2.75, 3.05) is 24.8 Å². The number of thioether (sulfide) groups is 1. The molecule has 2 heterocycles. The lowest BCUT2D eigenvalue weighted by Gasteiger charge is -2.15. The van der Waals surface area contributed by atoms with Crippen LogP contribution in [0.3, 0.4) is 0 Å². The number of nitrogens with zero attached hydrogens (tertiary/aromatic N) is 4. The molecule has 0 spiro atoms. The predicted molar refractivity (Wildman–Crippen MR) is 134 cm³/mol. The van der Waals surface area contributed by atoms with Crippen molar-refractivity contribution in [3.63, 3.8) is 0 Å². The molecule has 0 radical (unpaired) electrons. The quantitative estimate of drug-likeness (QED) is 0.230. The zero-order chi connectivity index (χ0) is 25.5. The van der Waals surface area contributed by atoms with Gasteiger partial charge in [0.25, 0.3) is 5.69 Å². The van der Waals surface area contributed by atoms with Crippen LogP contribution < -0.4 is 14.8 Å². The summed E-state index contributed by atoms with van der Waals surface area (Å²) in [6.45, 7) is 3.05. The van der Waals surface area contributed by atoms with Gasteiger partial charge in [-0.25, -0.2) is 0 Å². The topological polar surface area (TPSA) is 131 Å². The standard InChI is InChI=1S/C24H27N5O6S/c1-16-12-19(9-10-21(16)29(31)32)35-14-22-26-27-24(28(22)13-20-4-3-11-34-20)36-15-23(30)25-17-5-7-18(33-2)8-6-17/h5-10,12,20H,3-4,11,13-15H2,1-2H3,(H,25,30). The predicted octanol–water partition coefficient (Wildman–Crippen LogP) is 3.99. The molecule has 1 N–H and O–H groups in total. The van der Waals surface area contributed by atoms with Gasteiger partial charge in [0, 0.05) is 23.9 Å². The van der Waals surface area contributed by atoms with Crippen LogP contribution in [0.4, 0.5) is 11.4 Å². The maximum absolute atomic E-state index is 12.5. The van der Waals surface area contributed by atoms with Crippen LogP contribution in [-0.2, 0) is 22.7 Å². The monoisotopic (exact) mass is 513 g/mol. The van der Waals surface area contributed by atoms with E-state index in [0.29, 0.717) is 46.9 Å². The van der Waals surface area contributed by atoms with Gasteiger partial charge in [-0.3, -0.25) is 14.9 Å². The van der Waals surface area contributed by atoms with E-state index in [9.17, 15) is 14.9 Å². The van der Waals surface area contributed by atoms with Crippen molar-refractivity contribution in [1.82, 2.24) is 14.8 Å². The van der Waals surface area contributed by atoms with Crippen molar-refractivity contribution in [1.29, 1.82) is 0 Å². The molecule has 1 unspecified atom stereocenters. The molecule has 36 heavy (non-hydrogen) atoms. The molecule has 1 amide bonds. The van der Waals surface area contributed by atoms with E-state index >= 15 is 0 Å². The Bertz CT molecular complexity index is 1210. The number of aryl methyl sites for hydroxylation is 1. The molecule has 1 saturated heterocycles. The van der Waals surface area contributed by atoms with Gasteiger partial charge in [0.1, 0.15) is 18.1 Å². The minimum absolute atomic E-state index is 0.0360. The minimum atomic E-state index is -0.425. The van der Waals surface area contributed by atoms with Gasteiger partial charge in [-0.15, -0.1) is 10.2 Å². The first-order chi connectivity index (χ1) is 17.4. The fraction of sp³-hybridized carbons (Fsp3) is 0.375. The van der Waals surface area contributed by atoms with Crippen LogP contribution in [-0.4, -0.2) is 51.2 Å². The van der Waals surface area contributed by atoms with E-state index in [1.165, 1.54) is 17.8 Å². The summed E-state index contributed by atoms with van der Waals surface area (Å²) in [5, 5.41) is 23.1. The Labute approximate surface area is 212 Å². The third kappa shape index (κ3) is 6.52. The summed E-state index contributed by atoms with van der Waals surface area (Å²) in [4.78, 5) is 23.1. The van der Waals surface area contributed by atoms with Crippen molar-refractivity contribution in [2.45, 2.75) is 44.2 Å². The molecule has 0 aliphatic carbocycles. The van der Waals surface area contributed by atoms with Crippen LogP contribution in [0, 0.1) is 17.0 Å². The van der Waals surface area contributed by atoms with Crippen LogP contribution in [0.1, 0.15) is 24.2 Å². The van der Waals surface area contributed by atoms with Gasteiger partial charge in [-0.05, 0) is 56.2 Å². The van der Waals surface area contributed by atoms with Crippen LogP contribution in [0.5, 0.6) is 11.5 Å². The number of anilines is 1. The molecule has 2 aromatic carbocycles. The first kappa shape index (κ1) is 25.5. The smallest absolute Gasteiger partial charge is 0.272 e.